The number of carbonyl (C=O) groups excluding carboxylic acids is 2. The second-order valence-corrected chi connectivity index (χ2v) is 6.69. The first-order valence-electron chi connectivity index (χ1n) is 4.56. The van der Waals surface area contributed by atoms with Crippen LogP contribution in [0.2, 0.25) is 0 Å². The van der Waals surface area contributed by atoms with Gasteiger partial charge in [-0.15, -0.1) is 0 Å². The van der Waals surface area contributed by atoms with Crippen molar-refractivity contribution in [2.24, 2.45) is 0 Å². The Morgan fingerprint density at radius 3 is 2.24 bits per heavy atom. The predicted octanol–water partition coefficient (Wildman–Crippen LogP) is -0.763. The van der Waals surface area contributed by atoms with Crippen LogP contribution < -0.4 is 4.35 Å². The number of Topliss-reactive ketones (excluding diaryl/α,β-unsaturated/α-hetero) is 1. The van der Waals surface area contributed by atoms with Crippen LogP contribution in [0.1, 0.15) is 27.6 Å². The number of benzene rings is 1. The third-order valence-corrected chi connectivity index (χ3v) is 4.12. The molecule has 0 amide bonds. The van der Waals surface area contributed by atoms with E-state index in [2.05, 4.69) is 4.74 Å². The monoisotopic (exact) mass is 302 g/mol. The molecule has 17 heavy (non-hydrogen) atoms. The van der Waals surface area contributed by atoms with E-state index in [0.717, 1.165) is 19.2 Å². The first-order chi connectivity index (χ1) is 7.77. The zero-order valence-corrected chi connectivity index (χ0v) is 11.1. The van der Waals surface area contributed by atoms with Crippen LogP contribution in [0.3, 0.4) is 0 Å². The molecule has 0 fully saturated rings. The Balaban J connectivity index is 3.43. The van der Waals surface area contributed by atoms with Crippen LogP contribution in [0.25, 0.3) is 0 Å². The molecule has 2 N–H and O–H groups in total. The van der Waals surface area contributed by atoms with Crippen molar-refractivity contribution in [3.63, 3.8) is 0 Å². The molecule has 0 atom stereocenters. The van der Waals surface area contributed by atoms with Crippen LogP contribution in [0.5, 0.6) is 0 Å². The van der Waals surface area contributed by atoms with Gasteiger partial charge in [-0.2, -0.15) is 0 Å². The standard InChI is InChI=1S/C10H11AsO6/c1-6(12)9-5-7(11(14,15)16)3-4-8(9)10(13)17-2/h3-5H,1-2H3,(H2,14,15,16). The molecule has 1 rings (SSSR count). The van der Waals surface area contributed by atoms with E-state index in [1.807, 2.05) is 0 Å². The van der Waals surface area contributed by atoms with Crippen LogP contribution in [-0.2, 0) is 8.48 Å². The average molecular weight is 302 g/mol. The van der Waals surface area contributed by atoms with E-state index < -0.39 is 25.9 Å². The van der Waals surface area contributed by atoms with Gasteiger partial charge in [-0.1, -0.05) is 0 Å². The Hall–Kier alpha value is -1.36. The molecule has 0 aliphatic rings. The number of hydrogen-bond acceptors (Lipinski definition) is 4. The number of hydrogen-bond donors (Lipinski definition) is 2. The second kappa shape index (κ2) is 4.87. The second-order valence-electron chi connectivity index (χ2n) is 3.32. The molecule has 7 heteroatoms. The zero-order valence-electron chi connectivity index (χ0n) is 9.21. The van der Waals surface area contributed by atoms with Gasteiger partial charge in [-0.3, -0.25) is 0 Å². The Morgan fingerprint density at radius 2 is 1.82 bits per heavy atom. The summed E-state index contributed by atoms with van der Waals surface area (Å²) in [6.07, 6.45) is 0. The Labute approximate surface area is 100 Å². The average Bonchev–Trinajstić information content (AvgIpc) is 2.25. The van der Waals surface area contributed by atoms with E-state index >= 15 is 0 Å². The van der Waals surface area contributed by atoms with Crippen molar-refractivity contribution in [1.82, 2.24) is 0 Å². The summed E-state index contributed by atoms with van der Waals surface area (Å²) in [7, 11) is 1.16. The molecule has 0 aliphatic heterocycles. The number of rotatable bonds is 3. The van der Waals surface area contributed by atoms with Gasteiger partial charge in [0.1, 0.15) is 0 Å². The number of ether oxygens (including phenoxy) is 1. The third-order valence-electron chi connectivity index (χ3n) is 2.12. The van der Waals surface area contributed by atoms with Crippen molar-refractivity contribution in [2.75, 3.05) is 7.11 Å². The van der Waals surface area contributed by atoms with Gasteiger partial charge < -0.3 is 0 Å². The molecule has 1 aromatic carbocycles. The number of methoxy groups -OCH3 is 1. The summed E-state index contributed by atoms with van der Waals surface area (Å²) in [6, 6.07) is 3.34. The van der Waals surface area contributed by atoms with Gasteiger partial charge in [0.05, 0.1) is 0 Å². The molecule has 0 saturated carbocycles. The summed E-state index contributed by atoms with van der Waals surface area (Å²) >= 11 is -5.07. The molecular formula is C10H11AsO6. The third kappa shape index (κ3) is 3.06. The summed E-state index contributed by atoms with van der Waals surface area (Å²) in [5.74, 6) is -1.18. The molecule has 0 spiro atoms. The van der Waals surface area contributed by atoms with Crippen molar-refractivity contribution in [3.05, 3.63) is 29.3 Å². The molecule has 0 radical (unpaired) electrons. The van der Waals surface area contributed by atoms with Gasteiger partial charge in [-0.25, -0.2) is 0 Å². The van der Waals surface area contributed by atoms with Crippen LogP contribution in [-0.4, -0.2) is 41.2 Å². The Morgan fingerprint density at radius 1 is 1.24 bits per heavy atom. The first kappa shape index (κ1) is 13.7. The fourth-order valence-electron chi connectivity index (χ4n) is 1.29. The predicted molar refractivity (Wildman–Crippen MR) is 58.3 cm³/mol. The van der Waals surface area contributed by atoms with Crippen molar-refractivity contribution in [3.8, 4) is 0 Å². The van der Waals surface area contributed by atoms with E-state index in [1.165, 1.54) is 13.0 Å². The van der Waals surface area contributed by atoms with Crippen molar-refractivity contribution >= 4 is 30.3 Å². The topological polar surface area (TPSA) is 101 Å². The summed E-state index contributed by atoms with van der Waals surface area (Å²) in [5, 5.41) is 0. The van der Waals surface area contributed by atoms with Gasteiger partial charge in [0.2, 0.25) is 0 Å². The van der Waals surface area contributed by atoms with Crippen LogP contribution in [0.15, 0.2) is 18.2 Å². The van der Waals surface area contributed by atoms with Crippen LogP contribution in [0.4, 0.5) is 0 Å². The van der Waals surface area contributed by atoms with E-state index in [-0.39, 0.29) is 15.5 Å². The number of ketones is 1. The Bertz CT molecular complexity index is 516. The summed E-state index contributed by atoms with van der Waals surface area (Å²) in [4.78, 5) is 22.6. The molecule has 0 saturated heterocycles. The van der Waals surface area contributed by atoms with Crippen LogP contribution >= 0.6 is 0 Å². The van der Waals surface area contributed by atoms with Crippen molar-refractivity contribution in [2.45, 2.75) is 6.92 Å². The van der Waals surface area contributed by atoms with Gasteiger partial charge in [0.25, 0.3) is 0 Å². The molecule has 0 bridgehead atoms. The fraction of sp³-hybridized carbons (Fsp3) is 0.200. The van der Waals surface area contributed by atoms with Crippen molar-refractivity contribution < 1.29 is 26.3 Å². The van der Waals surface area contributed by atoms with E-state index in [1.54, 1.807) is 0 Å². The van der Waals surface area contributed by atoms with Gasteiger partial charge in [0, 0.05) is 0 Å². The molecule has 1 aromatic rings. The minimum atomic E-state index is -5.07. The van der Waals surface area contributed by atoms with Gasteiger partial charge >= 0.3 is 99.9 Å². The molecule has 0 unspecified atom stereocenters. The molecule has 0 heterocycles. The minimum absolute atomic E-state index is 0.00676. The van der Waals surface area contributed by atoms with Crippen LogP contribution in [0, 0.1) is 0 Å². The molecule has 6 nitrogen and oxygen atoms in total. The maximum absolute atomic E-state index is 11.3. The van der Waals surface area contributed by atoms with Crippen molar-refractivity contribution in [1.29, 1.82) is 0 Å². The summed E-state index contributed by atoms with van der Waals surface area (Å²) in [6.45, 7) is 1.21. The van der Waals surface area contributed by atoms with E-state index in [4.69, 9.17) is 8.19 Å². The number of carbonyl (C=O) groups is 2. The first-order valence-corrected chi connectivity index (χ1v) is 7.95. The maximum atomic E-state index is 11.3. The molecule has 0 aliphatic carbocycles. The van der Waals surface area contributed by atoms with E-state index in [0.29, 0.717) is 0 Å². The number of esters is 1. The summed E-state index contributed by atoms with van der Waals surface area (Å²) < 4.78 is 33.4. The van der Waals surface area contributed by atoms with Gasteiger partial charge in [-0.05, 0) is 0 Å². The quantitative estimate of drug-likeness (QED) is 0.432. The Kier molecular flexibility index (Phi) is 3.93. The molecule has 92 valence electrons. The normalized spacial score (nSPS) is 11.1. The molecular weight excluding hydrogens is 291 g/mol. The summed E-state index contributed by atoms with van der Waals surface area (Å²) in [5.41, 5.74) is -0.0632. The fourth-order valence-corrected chi connectivity index (χ4v) is 2.48. The molecule has 0 aromatic heterocycles. The zero-order chi connectivity index (χ0) is 13.2. The van der Waals surface area contributed by atoms with Gasteiger partial charge in [0.15, 0.2) is 0 Å². The van der Waals surface area contributed by atoms with E-state index in [9.17, 15) is 13.3 Å². The SMILES string of the molecule is COC(=O)c1ccc([As](=O)(O)O)cc1C(C)=O.